The Kier molecular flexibility index (Phi) is 7.78. The molecule has 4 N–H and O–H groups in total. The van der Waals surface area contributed by atoms with Gasteiger partial charge in [0.2, 0.25) is 0 Å². The number of hydrogen-bond donors (Lipinski definition) is 4. The van der Waals surface area contributed by atoms with E-state index in [1.165, 1.54) is 15.8 Å². The maximum Gasteiger partial charge on any atom is 0.166 e. The van der Waals surface area contributed by atoms with Gasteiger partial charge in [0.25, 0.3) is 0 Å². The highest BCUT2D eigenvalue weighted by Gasteiger charge is 2.21. The topological polar surface area (TPSA) is 44.3 Å². The van der Waals surface area contributed by atoms with Crippen LogP contribution in [-0.4, -0.2) is 43.8 Å². The van der Waals surface area contributed by atoms with Gasteiger partial charge in [-0.25, -0.2) is 0 Å². The van der Waals surface area contributed by atoms with Gasteiger partial charge in [0.05, 0.1) is 20.6 Å². The Labute approximate surface area is 187 Å². The molecule has 0 spiro atoms. The first-order valence-corrected chi connectivity index (χ1v) is 10.9. The number of H-pyrrole nitrogens is 1. The van der Waals surface area contributed by atoms with Crippen molar-refractivity contribution >= 4 is 51.4 Å². The lowest BCUT2D eigenvalue weighted by atomic mass is 9.91. The van der Waals surface area contributed by atoms with Crippen LogP contribution in [0.2, 0.25) is 10.0 Å². The van der Waals surface area contributed by atoms with Crippen molar-refractivity contribution in [2.75, 3.05) is 33.7 Å². The van der Waals surface area contributed by atoms with Crippen LogP contribution >= 0.6 is 35.4 Å². The first-order chi connectivity index (χ1) is 14.0. The summed E-state index contributed by atoms with van der Waals surface area (Å²) in [6, 6.07) is 13.9. The van der Waals surface area contributed by atoms with Crippen molar-refractivity contribution < 1.29 is 4.90 Å². The summed E-state index contributed by atoms with van der Waals surface area (Å²) in [7, 11) is 4.30. The molecule has 0 fully saturated rings. The fourth-order valence-electron chi connectivity index (χ4n) is 3.45. The molecule has 2 aromatic carbocycles. The highest BCUT2D eigenvalue weighted by molar-refractivity contribution is 7.80. The number of benzene rings is 2. The SMILES string of the molecule is C[NH+](C)CCCNC(=S)NC[C@H](c1ccc(Cl)cc1Cl)c1c[nH]c2ccccc12. The van der Waals surface area contributed by atoms with E-state index in [-0.39, 0.29) is 5.92 Å². The zero-order chi connectivity index (χ0) is 20.8. The number of thiocarbonyl (C=S) groups is 1. The van der Waals surface area contributed by atoms with Gasteiger partial charge in [0, 0.05) is 52.6 Å². The number of hydrogen-bond acceptors (Lipinski definition) is 1. The average molecular weight is 450 g/mol. The Morgan fingerprint density at radius 2 is 1.90 bits per heavy atom. The summed E-state index contributed by atoms with van der Waals surface area (Å²) in [6.45, 7) is 2.60. The average Bonchev–Trinajstić information content (AvgIpc) is 3.11. The maximum absolute atomic E-state index is 6.57. The quantitative estimate of drug-likeness (QED) is 0.313. The van der Waals surface area contributed by atoms with Crippen LogP contribution in [0, 0.1) is 0 Å². The van der Waals surface area contributed by atoms with E-state index in [4.69, 9.17) is 35.4 Å². The van der Waals surface area contributed by atoms with Crippen LogP contribution in [-0.2, 0) is 0 Å². The Morgan fingerprint density at radius 1 is 1.10 bits per heavy atom. The van der Waals surface area contributed by atoms with E-state index in [0.29, 0.717) is 21.7 Å². The zero-order valence-electron chi connectivity index (χ0n) is 16.7. The van der Waals surface area contributed by atoms with Crippen LogP contribution in [0.5, 0.6) is 0 Å². The molecule has 0 bridgehead atoms. The lowest BCUT2D eigenvalue weighted by Gasteiger charge is -2.21. The minimum Gasteiger partial charge on any atom is -0.363 e. The second-order valence-corrected chi connectivity index (χ2v) is 8.71. The Bertz CT molecular complexity index is 970. The molecule has 7 heteroatoms. The van der Waals surface area contributed by atoms with E-state index in [9.17, 15) is 0 Å². The zero-order valence-corrected chi connectivity index (χ0v) is 19.0. The molecular weight excluding hydrogens is 423 g/mol. The molecule has 0 amide bonds. The van der Waals surface area contributed by atoms with Gasteiger partial charge in [-0.05, 0) is 41.5 Å². The maximum atomic E-state index is 6.57. The van der Waals surface area contributed by atoms with Crippen molar-refractivity contribution in [2.45, 2.75) is 12.3 Å². The fraction of sp³-hybridized carbons (Fsp3) is 0.318. The molecule has 0 unspecified atom stereocenters. The van der Waals surface area contributed by atoms with Gasteiger partial charge >= 0.3 is 0 Å². The van der Waals surface area contributed by atoms with Gasteiger partial charge in [-0.15, -0.1) is 0 Å². The number of para-hydroxylation sites is 1. The monoisotopic (exact) mass is 449 g/mol. The third-order valence-corrected chi connectivity index (χ3v) is 5.79. The van der Waals surface area contributed by atoms with E-state index >= 15 is 0 Å². The molecule has 0 aliphatic rings. The second kappa shape index (κ2) is 10.3. The van der Waals surface area contributed by atoms with Crippen LogP contribution in [0.3, 0.4) is 0 Å². The van der Waals surface area contributed by atoms with E-state index in [0.717, 1.165) is 30.6 Å². The summed E-state index contributed by atoms with van der Waals surface area (Å²) in [6.07, 6.45) is 3.12. The minimum atomic E-state index is 0.0295. The van der Waals surface area contributed by atoms with Crippen molar-refractivity contribution in [3.8, 4) is 0 Å². The van der Waals surface area contributed by atoms with E-state index in [1.54, 1.807) is 6.07 Å². The number of aromatic amines is 1. The van der Waals surface area contributed by atoms with Crippen molar-refractivity contribution in [3.63, 3.8) is 0 Å². The second-order valence-electron chi connectivity index (χ2n) is 7.46. The lowest BCUT2D eigenvalue weighted by Crippen LogP contribution is -3.05. The summed E-state index contributed by atoms with van der Waals surface area (Å²) in [4.78, 5) is 4.79. The number of quaternary nitrogens is 1. The van der Waals surface area contributed by atoms with Gasteiger partial charge in [0.1, 0.15) is 0 Å². The largest absolute Gasteiger partial charge is 0.363 e. The van der Waals surface area contributed by atoms with Crippen LogP contribution in [0.4, 0.5) is 0 Å². The standard InChI is InChI=1S/C22H26Cl2N4S/c1-28(2)11-5-10-25-22(29)27-14-18(16-9-8-15(23)12-20(16)24)19-13-26-21-7-4-3-6-17(19)21/h3-4,6-9,12-13,18,26H,5,10-11,14H2,1-2H3,(H2,25,27,29)/p+1/t18-/m1/s1. The minimum absolute atomic E-state index is 0.0295. The predicted octanol–water partition coefficient (Wildman–Crippen LogP) is 3.61. The van der Waals surface area contributed by atoms with E-state index < -0.39 is 0 Å². The van der Waals surface area contributed by atoms with Gasteiger partial charge in [-0.3, -0.25) is 0 Å². The smallest absolute Gasteiger partial charge is 0.166 e. The van der Waals surface area contributed by atoms with Gasteiger partial charge in [-0.2, -0.15) is 0 Å². The first kappa shape index (κ1) is 21.9. The van der Waals surface area contributed by atoms with E-state index in [2.05, 4.69) is 48.0 Å². The van der Waals surface area contributed by atoms with Crippen LogP contribution in [0.1, 0.15) is 23.5 Å². The number of rotatable bonds is 8. The van der Waals surface area contributed by atoms with Crippen LogP contribution in [0.25, 0.3) is 10.9 Å². The number of aromatic nitrogens is 1. The summed E-state index contributed by atoms with van der Waals surface area (Å²) >= 11 is 18.2. The molecule has 1 aromatic heterocycles. The molecule has 29 heavy (non-hydrogen) atoms. The molecular formula is C22H27Cl2N4S+. The van der Waals surface area contributed by atoms with Gasteiger partial charge < -0.3 is 20.5 Å². The molecule has 4 nitrogen and oxygen atoms in total. The lowest BCUT2D eigenvalue weighted by molar-refractivity contribution is -0.858. The highest BCUT2D eigenvalue weighted by atomic mass is 35.5. The van der Waals surface area contributed by atoms with Crippen LogP contribution < -0.4 is 15.5 Å². The highest BCUT2D eigenvalue weighted by Crippen LogP contribution is 2.35. The molecule has 0 radical (unpaired) electrons. The molecule has 154 valence electrons. The van der Waals surface area contributed by atoms with Crippen molar-refractivity contribution in [3.05, 3.63) is 69.8 Å². The van der Waals surface area contributed by atoms with Crippen LogP contribution in [0.15, 0.2) is 48.7 Å². The van der Waals surface area contributed by atoms with Crippen molar-refractivity contribution in [2.24, 2.45) is 0 Å². The number of halogens is 2. The van der Waals surface area contributed by atoms with Gasteiger partial charge in [0.15, 0.2) is 5.11 Å². The fourth-order valence-corrected chi connectivity index (χ4v) is 4.18. The number of fused-ring (bicyclic) bond motifs is 1. The summed E-state index contributed by atoms with van der Waals surface area (Å²) in [5.41, 5.74) is 3.30. The third kappa shape index (κ3) is 5.86. The first-order valence-electron chi connectivity index (χ1n) is 9.77. The van der Waals surface area contributed by atoms with Crippen molar-refractivity contribution in [1.82, 2.24) is 15.6 Å². The molecule has 1 heterocycles. The normalized spacial score (nSPS) is 12.3. The van der Waals surface area contributed by atoms with E-state index in [1.807, 2.05) is 24.3 Å². The Balaban J connectivity index is 1.78. The summed E-state index contributed by atoms with van der Waals surface area (Å²) in [5, 5.41) is 9.79. The molecule has 0 saturated heterocycles. The molecule has 0 aliphatic heterocycles. The Hall–Kier alpha value is -1.79. The molecule has 1 atom stereocenters. The molecule has 0 aliphatic carbocycles. The Morgan fingerprint density at radius 3 is 2.66 bits per heavy atom. The van der Waals surface area contributed by atoms with Gasteiger partial charge in [-0.1, -0.05) is 47.5 Å². The molecule has 0 saturated carbocycles. The summed E-state index contributed by atoms with van der Waals surface area (Å²) < 4.78 is 0. The third-order valence-electron chi connectivity index (χ3n) is 4.94. The summed E-state index contributed by atoms with van der Waals surface area (Å²) in [5.74, 6) is 0.0295. The molecule has 3 aromatic rings. The predicted molar refractivity (Wildman–Crippen MR) is 128 cm³/mol. The van der Waals surface area contributed by atoms with Crippen molar-refractivity contribution in [1.29, 1.82) is 0 Å². The number of nitrogens with one attached hydrogen (secondary N) is 4. The molecule has 3 rings (SSSR count).